The summed E-state index contributed by atoms with van der Waals surface area (Å²) >= 11 is 24.0. The highest BCUT2D eigenvalue weighted by Crippen LogP contribution is 2.42. The number of carboxylic acids is 1. The number of carboxylic acid groups (broad SMARTS) is 1. The summed E-state index contributed by atoms with van der Waals surface area (Å²) < 4.78 is 0. The molecule has 0 N–H and O–H groups in total. The topological polar surface area (TPSA) is 60.4 Å². The third-order valence-electron chi connectivity index (χ3n) is 4.11. The Labute approximate surface area is 154 Å². The summed E-state index contributed by atoms with van der Waals surface area (Å²) in [6.45, 7) is 3.80. The summed E-state index contributed by atoms with van der Waals surface area (Å²) in [5, 5.41) is 10.5. The first-order valence-corrected chi connectivity index (χ1v) is 8.59. The molecule has 8 heteroatoms. The molecular weight excluding hydrogens is 384 g/mol. The molecule has 0 radical (unpaired) electrons. The van der Waals surface area contributed by atoms with Crippen molar-refractivity contribution in [2.24, 2.45) is 0 Å². The quantitative estimate of drug-likeness (QED) is 0.558. The highest BCUT2D eigenvalue weighted by molar-refractivity contribution is 6.54. The molecule has 1 aromatic rings. The standard InChI is InChI=1S/C15H15Cl4NO3/c1-6-4-3-5-7(2)20(6)14(21)8-9(15(22)23)11(17)13(19)12(18)10(8)16/h6-7H,3-5H2,1-2H3,(H,22,23)/p-1/t6-,7-/m1/s1. The normalized spacial score (nSPS) is 21.4. The third-order valence-corrected chi connectivity index (χ3v) is 5.92. The molecule has 1 heterocycles. The minimum absolute atomic E-state index is 0.0508. The minimum Gasteiger partial charge on any atom is -0.545 e. The number of hydrogen-bond donors (Lipinski definition) is 0. The molecule has 0 unspecified atom stereocenters. The largest absolute Gasteiger partial charge is 0.545 e. The van der Waals surface area contributed by atoms with E-state index in [1.54, 1.807) is 4.90 Å². The van der Waals surface area contributed by atoms with Crippen molar-refractivity contribution in [1.29, 1.82) is 0 Å². The van der Waals surface area contributed by atoms with E-state index in [9.17, 15) is 14.7 Å². The number of halogens is 4. The molecule has 0 bridgehead atoms. The van der Waals surface area contributed by atoms with E-state index in [4.69, 9.17) is 46.4 Å². The van der Waals surface area contributed by atoms with Gasteiger partial charge < -0.3 is 14.8 Å². The smallest absolute Gasteiger partial charge is 0.256 e. The number of carbonyl (C=O) groups is 2. The van der Waals surface area contributed by atoms with Crippen LogP contribution in [0.5, 0.6) is 0 Å². The maximum atomic E-state index is 13.0. The molecule has 1 aliphatic rings. The van der Waals surface area contributed by atoms with Crippen molar-refractivity contribution >= 4 is 58.3 Å². The molecule has 0 saturated carbocycles. The predicted octanol–water partition coefficient (Wildman–Crippen LogP) is 4.07. The van der Waals surface area contributed by atoms with Crippen molar-refractivity contribution in [1.82, 2.24) is 4.90 Å². The molecular formula is C15H14Cl4NO3-. The van der Waals surface area contributed by atoms with E-state index in [0.717, 1.165) is 19.3 Å². The summed E-state index contributed by atoms with van der Waals surface area (Å²) in [5.41, 5.74) is -0.798. The van der Waals surface area contributed by atoms with Crippen LogP contribution in [0.2, 0.25) is 20.1 Å². The summed E-state index contributed by atoms with van der Waals surface area (Å²) in [7, 11) is 0. The lowest BCUT2D eigenvalue weighted by molar-refractivity contribution is -0.255. The predicted molar refractivity (Wildman–Crippen MR) is 89.8 cm³/mol. The van der Waals surface area contributed by atoms with Gasteiger partial charge >= 0.3 is 0 Å². The Bertz CT molecular complexity index is 667. The van der Waals surface area contributed by atoms with Gasteiger partial charge in [-0.15, -0.1) is 0 Å². The fourth-order valence-corrected chi connectivity index (χ4v) is 3.99. The summed E-state index contributed by atoms with van der Waals surface area (Å²) in [6.07, 6.45) is 2.64. The Morgan fingerprint density at radius 1 is 0.913 bits per heavy atom. The average molecular weight is 398 g/mol. The van der Waals surface area contributed by atoms with Crippen LogP contribution in [0.3, 0.4) is 0 Å². The Balaban J connectivity index is 2.66. The number of benzene rings is 1. The summed E-state index contributed by atoms with van der Waals surface area (Å²) in [4.78, 5) is 26.1. The van der Waals surface area contributed by atoms with E-state index in [0.29, 0.717) is 0 Å². The Hall–Kier alpha value is -0.680. The van der Waals surface area contributed by atoms with Gasteiger partial charge in [0, 0.05) is 17.6 Å². The van der Waals surface area contributed by atoms with Crippen molar-refractivity contribution in [2.45, 2.75) is 45.2 Å². The number of aromatic carboxylic acids is 1. The first-order chi connectivity index (χ1) is 10.7. The van der Waals surface area contributed by atoms with E-state index in [1.807, 2.05) is 13.8 Å². The first kappa shape index (κ1) is 18.7. The van der Waals surface area contributed by atoms with Gasteiger partial charge in [0.1, 0.15) is 0 Å². The molecule has 1 saturated heterocycles. The van der Waals surface area contributed by atoms with Crippen LogP contribution >= 0.6 is 46.4 Å². The van der Waals surface area contributed by atoms with Crippen molar-refractivity contribution in [3.63, 3.8) is 0 Å². The highest BCUT2D eigenvalue weighted by Gasteiger charge is 2.34. The van der Waals surface area contributed by atoms with E-state index in [1.165, 1.54) is 0 Å². The van der Waals surface area contributed by atoms with Gasteiger partial charge in [0.2, 0.25) is 0 Å². The molecule has 2 rings (SSSR count). The lowest BCUT2D eigenvalue weighted by atomic mass is 9.95. The fraction of sp³-hybridized carbons (Fsp3) is 0.467. The Morgan fingerprint density at radius 3 is 1.78 bits per heavy atom. The molecule has 23 heavy (non-hydrogen) atoms. The Morgan fingerprint density at radius 2 is 1.35 bits per heavy atom. The maximum absolute atomic E-state index is 13.0. The third kappa shape index (κ3) is 3.27. The second-order valence-electron chi connectivity index (χ2n) is 5.63. The minimum atomic E-state index is -1.63. The molecule has 0 aromatic heterocycles. The lowest BCUT2D eigenvalue weighted by Crippen LogP contribution is -2.48. The van der Waals surface area contributed by atoms with E-state index >= 15 is 0 Å². The van der Waals surface area contributed by atoms with E-state index in [-0.39, 0.29) is 37.7 Å². The van der Waals surface area contributed by atoms with Gasteiger partial charge in [0.25, 0.3) is 5.91 Å². The van der Waals surface area contributed by atoms with Crippen molar-refractivity contribution in [3.8, 4) is 0 Å². The second-order valence-corrected chi connectivity index (χ2v) is 7.15. The molecule has 1 fully saturated rings. The monoisotopic (exact) mass is 396 g/mol. The number of carbonyl (C=O) groups excluding carboxylic acids is 2. The van der Waals surface area contributed by atoms with E-state index in [2.05, 4.69) is 0 Å². The van der Waals surface area contributed by atoms with Crippen molar-refractivity contribution in [3.05, 3.63) is 31.2 Å². The molecule has 4 nitrogen and oxygen atoms in total. The lowest BCUT2D eigenvalue weighted by Gasteiger charge is -2.39. The van der Waals surface area contributed by atoms with Crippen LogP contribution in [0.25, 0.3) is 0 Å². The van der Waals surface area contributed by atoms with Crippen LogP contribution in [-0.4, -0.2) is 28.9 Å². The highest BCUT2D eigenvalue weighted by atomic mass is 35.5. The molecule has 0 aliphatic carbocycles. The van der Waals surface area contributed by atoms with Crippen LogP contribution in [0, 0.1) is 0 Å². The molecule has 1 amide bonds. The van der Waals surface area contributed by atoms with Crippen LogP contribution in [0.1, 0.15) is 53.8 Å². The summed E-state index contributed by atoms with van der Waals surface area (Å²) in [6, 6.07) is -0.102. The van der Waals surface area contributed by atoms with Crippen LogP contribution in [-0.2, 0) is 0 Å². The fourth-order valence-electron chi connectivity index (χ4n) is 2.97. The van der Waals surface area contributed by atoms with E-state index < -0.39 is 17.4 Å². The van der Waals surface area contributed by atoms with Gasteiger partial charge in [-0.25, -0.2) is 0 Å². The zero-order chi connectivity index (χ0) is 17.5. The van der Waals surface area contributed by atoms with Gasteiger partial charge in [0.15, 0.2) is 0 Å². The second kappa shape index (κ2) is 7.06. The molecule has 126 valence electrons. The maximum Gasteiger partial charge on any atom is 0.256 e. The summed E-state index contributed by atoms with van der Waals surface area (Å²) in [5.74, 6) is -2.16. The first-order valence-electron chi connectivity index (χ1n) is 7.08. The van der Waals surface area contributed by atoms with Gasteiger partial charge in [0.05, 0.1) is 31.6 Å². The number of likely N-dealkylation sites (tertiary alicyclic amines) is 1. The van der Waals surface area contributed by atoms with Gasteiger partial charge in [-0.2, -0.15) is 0 Å². The van der Waals surface area contributed by atoms with Crippen LogP contribution in [0.15, 0.2) is 0 Å². The molecule has 2 atom stereocenters. The molecule has 1 aliphatic heterocycles. The Kier molecular flexibility index (Phi) is 5.72. The SMILES string of the molecule is C[C@@H]1CCC[C@@H](C)N1C(=O)c1c(Cl)c(Cl)c(Cl)c(Cl)c1C(=O)[O-]. The molecule has 0 spiro atoms. The number of rotatable bonds is 2. The van der Waals surface area contributed by atoms with Gasteiger partial charge in [-0.1, -0.05) is 46.4 Å². The zero-order valence-corrected chi connectivity index (χ0v) is 15.5. The van der Waals surface area contributed by atoms with Gasteiger partial charge in [-0.3, -0.25) is 4.79 Å². The zero-order valence-electron chi connectivity index (χ0n) is 12.5. The van der Waals surface area contributed by atoms with Crippen LogP contribution in [0.4, 0.5) is 0 Å². The van der Waals surface area contributed by atoms with Gasteiger partial charge in [-0.05, 0) is 33.1 Å². The molecule has 1 aromatic carbocycles. The van der Waals surface area contributed by atoms with Crippen molar-refractivity contribution in [2.75, 3.05) is 0 Å². The number of hydrogen-bond acceptors (Lipinski definition) is 3. The number of piperidine rings is 1. The van der Waals surface area contributed by atoms with Crippen molar-refractivity contribution < 1.29 is 14.7 Å². The average Bonchev–Trinajstić information content (AvgIpc) is 2.47. The number of nitrogens with zero attached hydrogens (tertiary/aromatic N) is 1. The number of amides is 1. The van der Waals surface area contributed by atoms with Crippen LogP contribution < -0.4 is 5.11 Å².